The highest BCUT2D eigenvalue weighted by atomic mass is 35.5. The maximum atomic E-state index is 12.6. The number of aromatic hydroxyl groups is 1. The molecule has 2 aromatic carbocycles. The Kier molecular flexibility index (Phi) is 5.69. The van der Waals surface area contributed by atoms with Crippen LogP contribution < -0.4 is 10.2 Å². The van der Waals surface area contributed by atoms with E-state index in [0.717, 1.165) is 16.8 Å². The van der Waals surface area contributed by atoms with E-state index in [1.165, 1.54) is 19.2 Å². The molecule has 6 nitrogen and oxygen atoms in total. The summed E-state index contributed by atoms with van der Waals surface area (Å²) in [6.07, 6.45) is 1.59. The molecule has 1 fully saturated rings. The van der Waals surface area contributed by atoms with Crippen LogP contribution >= 0.6 is 35.6 Å². The molecule has 1 saturated heterocycles. The highest BCUT2D eigenvalue weighted by molar-refractivity contribution is 8.26. The van der Waals surface area contributed by atoms with Crippen molar-refractivity contribution >= 4 is 57.8 Å². The molecule has 0 unspecified atom stereocenters. The second-order valence-electron chi connectivity index (χ2n) is 5.40. The van der Waals surface area contributed by atoms with Crippen molar-refractivity contribution in [1.82, 2.24) is 10.4 Å². The average molecular weight is 421 g/mol. The van der Waals surface area contributed by atoms with Gasteiger partial charge in [0.15, 0.2) is 4.32 Å². The van der Waals surface area contributed by atoms with E-state index in [-0.39, 0.29) is 15.1 Å². The molecule has 27 heavy (non-hydrogen) atoms. The molecule has 2 amide bonds. The Balaban J connectivity index is 1.76. The molecular formula is C18H13ClN2O4S2. The number of hydrogen-bond acceptors (Lipinski definition) is 6. The Hall–Kier alpha value is -2.55. The third-order valence-corrected chi connectivity index (χ3v) is 5.23. The van der Waals surface area contributed by atoms with Gasteiger partial charge in [0, 0.05) is 5.56 Å². The maximum absolute atomic E-state index is 12.6. The van der Waals surface area contributed by atoms with Crippen LogP contribution in [0.5, 0.6) is 11.5 Å². The highest BCUT2D eigenvalue weighted by Crippen LogP contribution is 2.33. The van der Waals surface area contributed by atoms with Crippen molar-refractivity contribution in [1.29, 1.82) is 0 Å². The molecule has 0 radical (unpaired) electrons. The molecule has 0 spiro atoms. The van der Waals surface area contributed by atoms with Gasteiger partial charge in [-0.3, -0.25) is 15.0 Å². The summed E-state index contributed by atoms with van der Waals surface area (Å²) in [4.78, 5) is 25.3. The monoisotopic (exact) mass is 420 g/mol. The number of phenols is 1. The van der Waals surface area contributed by atoms with Crippen molar-refractivity contribution in [2.24, 2.45) is 0 Å². The average Bonchev–Trinajstić information content (AvgIpc) is 2.92. The number of methoxy groups -OCH3 is 1. The van der Waals surface area contributed by atoms with Crippen molar-refractivity contribution in [3.8, 4) is 11.5 Å². The number of hydrazine groups is 1. The number of benzene rings is 2. The molecule has 0 aromatic heterocycles. The van der Waals surface area contributed by atoms with Crippen molar-refractivity contribution < 1.29 is 19.4 Å². The maximum Gasteiger partial charge on any atom is 0.285 e. The minimum absolute atomic E-state index is 0.0480. The van der Waals surface area contributed by atoms with Gasteiger partial charge in [0.25, 0.3) is 11.8 Å². The summed E-state index contributed by atoms with van der Waals surface area (Å²) < 4.78 is 5.26. The van der Waals surface area contributed by atoms with Crippen molar-refractivity contribution in [3.05, 3.63) is 63.5 Å². The Bertz CT molecular complexity index is 960. The van der Waals surface area contributed by atoms with Crippen LogP contribution in [0.15, 0.2) is 47.4 Å². The van der Waals surface area contributed by atoms with Crippen LogP contribution in [-0.4, -0.2) is 33.4 Å². The number of nitrogens with one attached hydrogen (secondary N) is 1. The number of rotatable bonds is 4. The van der Waals surface area contributed by atoms with Gasteiger partial charge in [-0.15, -0.1) is 0 Å². The van der Waals surface area contributed by atoms with Gasteiger partial charge in [-0.1, -0.05) is 29.4 Å². The van der Waals surface area contributed by atoms with E-state index in [4.69, 9.17) is 28.6 Å². The van der Waals surface area contributed by atoms with Crippen LogP contribution in [-0.2, 0) is 4.79 Å². The lowest BCUT2D eigenvalue weighted by atomic mass is 10.2. The predicted octanol–water partition coefficient (Wildman–Crippen LogP) is 3.60. The van der Waals surface area contributed by atoms with Crippen LogP contribution in [0.4, 0.5) is 0 Å². The molecule has 1 aliphatic heterocycles. The minimum atomic E-state index is -0.470. The summed E-state index contributed by atoms with van der Waals surface area (Å²) in [6, 6.07) is 11.0. The van der Waals surface area contributed by atoms with Crippen LogP contribution in [0.25, 0.3) is 6.08 Å². The van der Waals surface area contributed by atoms with E-state index >= 15 is 0 Å². The lowest BCUT2D eigenvalue weighted by Gasteiger charge is -2.15. The van der Waals surface area contributed by atoms with Crippen LogP contribution in [0, 0.1) is 0 Å². The first-order chi connectivity index (χ1) is 12.9. The Morgan fingerprint density at radius 2 is 2.00 bits per heavy atom. The molecule has 1 heterocycles. The van der Waals surface area contributed by atoms with Gasteiger partial charge in [-0.05, 0) is 60.3 Å². The molecule has 2 N–H and O–H groups in total. The molecule has 0 aliphatic carbocycles. The largest absolute Gasteiger partial charge is 0.506 e. The van der Waals surface area contributed by atoms with Crippen LogP contribution in [0.2, 0.25) is 5.02 Å². The van der Waals surface area contributed by atoms with Gasteiger partial charge in [0.1, 0.15) is 11.5 Å². The summed E-state index contributed by atoms with van der Waals surface area (Å²) in [5.74, 6) is -0.347. The second kappa shape index (κ2) is 7.99. The van der Waals surface area contributed by atoms with Gasteiger partial charge < -0.3 is 9.84 Å². The zero-order valence-electron chi connectivity index (χ0n) is 13.9. The third-order valence-electron chi connectivity index (χ3n) is 3.63. The summed E-state index contributed by atoms with van der Waals surface area (Å²) in [5, 5.41) is 10.7. The standard InChI is InChI=1S/C18H13ClN2O4S2/c1-25-12-5-3-11(4-6-12)16(23)20-21-17(24)15(27-18(21)26)9-10-2-7-14(22)13(19)8-10/h2-9,22H,1H3,(H,20,23)/b15-9+. The summed E-state index contributed by atoms with van der Waals surface area (Å²) >= 11 is 12.1. The fraction of sp³-hybridized carbons (Fsp3) is 0.0556. The quantitative estimate of drug-likeness (QED) is 0.581. The first kappa shape index (κ1) is 19.2. The Morgan fingerprint density at radius 1 is 1.30 bits per heavy atom. The van der Waals surface area contributed by atoms with Crippen molar-refractivity contribution in [3.63, 3.8) is 0 Å². The van der Waals surface area contributed by atoms with Gasteiger partial charge >= 0.3 is 0 Å². The molecule has 0 bridgehead atoms. The topological polar surface area (TPSA) is 78.9 Å². The van der Waals surface area contributed by atoms with E-state index in [1.807, 2.05) is 0 Å². The number of thiocarbonyl (C=S) groups is 1. The van der Waals surface area contributed by atoms with E-state index in [9.17, 15) is 14.7 Å². The smallest absolute Gasteiger partial charge is 0.285 e. The fourth-order valence-electron chi connectivity index (χ4n) is 2.24. The number of halogens is 1. The molecular weight excluding hydrogens is 408 g/mol. The number of carbonyl (C=O) groups is 2. The molecule has 0 saturated carbocycles. The van der Waals surface area contributed by atoms with E-state index in [2.05, 4.69) is 5.43 Å². The number of thioether (sulfide) groups is 1. The van der Waals surface area contributed by atoms with Gasteiger partial charge in [0.05, 0.1) is 17.0 Å². The van der Waals surface area contributed by atoms with Crippen LogP contribution in [0.1, 0.15) is 15.9 Å². The van der Waals surface area contributed by atoms with Crippen LogP contribution in [0.3, 0.4) is 0 Å². The zero-order valence-corrected chi connectivity index (χ0v) is 16.3. The van der Waals surface area contributed by atoms with Gasteiger partial charge in [-0.25, -0.2) is 0 Å². The summed E-state index contributed by atoms with van der Waals surface area (Å²) in [6.45, 7) is 0. The molecule has 3 rings (SSSR count). The van der Waals surface area contributed by atoms with E-state index in [1.54, 1.807) is 36.4 Å². The normalized spacial score (nSPS) is 15.3. The minimum Gasteiger partial charge on any atom is -0.506 e. The summed E-state index contributed by atoms with van der Waals surface area (Å²) in [5.41, 5.74) is 3.49. The predicted molar refractivity (Wildman–Crippen MR) is 109 cm³/mol. The Labute approximate surface area is 169 Å². The second-order valence-corrected chi connectivity index (χ2v) is 7.48. The van der Waals surface area contributed by atoms with Crippen molar-refractivity contribution in [2.75, 3.05) is 7.11 Å². The van der Waals surface area contributed by atoms with Gasteiger partial charge in [0.2, 0.25) is 0 Å². The molecule has 9 heteroatoms. The van der Waals surface area contributed by atoms with E-state index < -0.39 is 11.8 Å². The third kappa shape index (κ3) is 4.24. The van der Waals surface area contributed by atoms with Gasteiger partial charge in [-0.2, -0.15) is 5.01 Å². The van der Waals surface area contributed by atoms with Crippen molar-refractivity contribution in [2.45, 2.75) is 0 Å². The highest BCUT2D eigenvalue weighted by Gasteiger charge is 2.33. The molecule has 1 aliphatic rings. The fourth-order valence-corrected chi connectivity index (χ4v) is 3.61. The summed E-state index contributed by atoms with van der Waals surface area (Å²) in [7, 11) is 1.53. The number of hydrogen-bond donors (Lipinski definition) is 2. The van der Waals surface area contributed by atoms with E-state index in [0.29, 0.717) is 21.8 Å². The SMILES string of the molecule is COc1ccc(C(=O)NN2C(=O)/C(=C\c3ccc(O)c(Cl)c3)SC2=S)cc1. The zero-order chi connectivity index (χ0) is 19.6. The first-order valence-corrected chi connectivity index (χ1v) is 9.21. The number of carbonyl (C=O) groups excluding carboxylic acids is 2. The number of ether oxygens (including phenoxy) is 1. The number of nitrogens with zero attached hydrogens (tertiary/aromatic N) is 1. The molecule has 138 valence electrons. The lowest BCUT2D eigenvalue weighted by Crippen LogP contribution is -2.44. The molecule has 0 atom stereocenters. The number of phenolic OH excluding ortho intramolecular Hbond substituents is 1. The lowest BCUT2D eigenvalue weighted by molar-refractivity contribution is -0.123. The Morgan fingerprint density at radius 3 is 2.63 bits per heavy atom. The first-order valence-electron chi connectivity index (χ1n) is 7.60. The molecule has 2 aromatic rings. The number of amides is 2.